The van der Waals surface area contributed by atoms with Gasteiger partial charge in [-0.05, 0) is 0 Å². The predicted molar refractivity (Wildman–Crippen MR) is 45.5 cm³/mol. The molecule has 1 heterocycles. The molecule has 1 aromatic heterocycles. The molecule has 1 aromatic rings. The molecule has 0 unspecified atom stereocenters. The first-order valence-electron chi connectivity index (χ1n) is 4.05. The summed E-state index contributed by atoms with van der Waals surface area (Å²) in [6, 6.07) is 0. The van der Waals surface area contributed by atoms with Gasteiger partial charge in [-0.15, -0.1) is 0 Å². The molecule has 1 rings (SSSR count). The Hall–Kier alpha value is -1.32. The summed E-state index contributed by atoms with van der Waals surface area (Å²) in [6.07, 6.45) is 5.88. The zero-order valence-corrected chi connectivity index (χ0v) is 7.16. The van der Waals surface area contributed by atoms with Gasteiger partial charge in [0.15, 0.2) is 0 Å². The highest BCUT2D eigenvalue weighted by atomic mass is 16.1. The topological polar surface area (TPSA) is 46.9 Å². The molecular weight excluding hydrogens is 154 g/mol. The normalized spacial score (nSPS) is 9.75. The van der Waals surface area contributed by atoms with Crippen LogP contribution in [0.5, 0.6) is 0 Å². The van der Waals surface area contributed by atoms with E-state index in [1.165, 1.54) is 0 Å². The molecule has 0 spiro atoms. The number of hydrogen-bond acceptors (Lipinski definition) is 2. The number of amides is 1. The molecule has 0 aromatic carbocycles. The number of imidazole rings is 1. The van der Waals surface area contributed by atoms with Gasteiger partial charge >= 0.3 is 0 Å². The Morgan fingerprint density at radius 2 is 2.50 bits per heavy atom. The highest BCUT2D eigenvalue weighted by Gasteiger charge is 1.94. The minimum Gasteiger partial charge on any atom is -0.354 e. The van der Waals surface area contributed by atoms with E-state index in [-0.39, 0.29) is 5.91 Å². The van der Waals surface area contributed by atoms with Crippen molar-refractivity contribution in [3.05, 3.63) is 18.7 Å². The minimum absolute atomic E-state index is 0.0927. The fourth-order valence-electron chi connectivity index (χ4n) is 0.868. The van der Waals surface area contributed by atoms with Crippen LogP contribution in [0.2, 0.25) is 0 Å². The van der Waals surface area contributed by atoms with Gasteiger partial charge in [0.1, 0.15) is 0 Å². The van der Waals surface area contributed by atoms with Crippen molar-refractivity contribution in [3.8, 4) is 0 Å². The van der Waals surface area contributed by atoms with Gasteiger partial charge in [0.2, 0.25) is 5.91 Å². The van der Waals surface area contributed by atoms with Crippen LogP contribution in [0.3, 0.4) is 0 Å². The molecule has 1 N–H and O–H groups in total. The van der Waals surface area contributed by atoms with Crippen LogP contribution < -0.4 is 5.32 Å². The van der Waals surface area contributed by atoms with E-state index in [2.05, 4.69) is 10.3 Å². The second-order valence-corrected chi connectivity index (χ2v) is 2.50. The first-order chi connectivity index (χ1) is 5.83. The summed E-state index contributed by atoms with van der Waals surface area (Å²) in [5.74, 6) is 0.0927. The first-order valence-corrected chi connectivity index (χ1v) is 4.05. The molecular formula is C8H13N3O. The van der Waals surface area contributed by atoms with Crippen LogP contribution in [0, 0.1) is 0 Å². The lowest BCUT2D eigenvalue weighted by Crippen LogP contribution is -2.25. The van der Waals surface area contributed by atoms with Gasteiger partial charge in [-0.25, -0.2) is 4.98 Å². The Morgan fingerprint density at radius 3 is 3.08 bits per heavy atom. The molecule has 4 nitrogen and oxygen atoms in total. The number of hydrogen-bond donors (Lipinski definition) is 1. The third-order valence-corrected chi connectivity index (χ3v) is 1.57. The van der Waals surface area contributed by atoms with E-state index in [4.69, 9.17) is 0 Å². The largest absolute Gasteiger partial charge is 0.354 e. The summed E-state index contributed by atoms with van der Waals surface area (Å²) in [7, 11) is 0. The van der Waals surface area contributed by atoms with Crippen LogP contribution in [0.1, 0.15) is 13.3 Å². The Balaban J connectivity index is 2.15. The fraction of sp³-hybridized carbons (Fsp3) is 0.500. The summed E-state index contributed by atoms with van der Waals surface area (Å²) in [5, 5.41) is 2.78. The SMILES string of the molecule is CCC(=O)NCCn1ccnc1. The van der Waals surface area contributed by atoms with Crippen LogP contribution >= 0.6 is 0 Å². The van der Waals surface area contributed by atoms with Gasteiger partial charge < -0.3 is 9.88 Å². The van der Waals surface area contributed by atoms with E-state index in [0.29, 0.717) is 13.0 Å². The number of aromatic nitrogens is 2. The monoisotopic (exact) mass is 167 g/mol. The second kappa shape index (κ2) is 4.54. The summed E-state index contributed by atoms with van der Waals surface area (Å²) in [5.41, 5.74) is 0. The zero-order chi connectivity index (χ0) is 8.81. The second-order valence-electron chi connectivity index (χ2n) is 2.50. The maximum Gasteiger partial charge on any atom is 0.219 e. The molecule has 0 atom stereocenters. The van der Waals surface area contributed by atoms with Crippen molar-refractivity contribution < 1.29 is 4.79 Å². The highest BCUT2D eigenvalue weighted by molar-refractivity contribution is 5.75. The number of carbonyl (C=O) groups is 1. The van der Waals surface area contributed by atoms with Crippen LogP contribution in [0.25, 0.3) is 0 Å². The van der Waals surface area contributed by atoms with E-state index >= 15 is 0 Å². The van der Waals surface area contributed by atoms with Crippen molar-refractivity contribution in [1.82, 2.24) is 14.9 Å². The zero-order valence-electron chi connectivity index (χ0n) is 7.16. The fourth-order valence-corrected chi connectivity index (χ4v) is 0.868. The Bertz CT molecular complexity index is 230. The molecule has 12 heavy (non-hydrogen) atoms. The lowest BCUT2D eigenvalue weighted by Gasteiger charge is -2.03. The standard InChI is InChI=1S/C8H13N3O/c1-2-8(12)10-4-6-11-5-3-9-7-11/h3,5,7H,2,4,6H2,1H3,(H,10,12). The van der Waals surface area contributed by atoms with E-state index in [1.807, 2.05) is 17.7 Å². The number of nitrogens with zero attached hydrogens (tertiary/aromatic N) is 2. The smallest absolute Gasteiger partial charge is 0.219 e. The Kier molecular flexibility index (Phi) is 3.32. The van der Waals surface area contributed by atoms with Gasteiger partial charge in [0.25, 0.3) is 0 Å². The van der Waals surface area contributed by atoms with Gasteiger partial charge in [-0.1, -0.05) is 6.92 Å². The molecule has 0 radical (unpaired) electrons. The molecule has 4 heteroatoms. The van der Waals surface area contributed by atoms with Gasteiger partial charge in [-0.2, -0.15) is 0 Å². The third kappa shape index (κ3) is 2.74. The Morgan fingerprint density at radius 1 is 1.67 bits per heavy atom. The maximum absolute atomic E-state index is 10.8. The van der Waals surface area contributed by atoms with Crippen molar-refractivity contribution in [2.45, 2.75) is 19.9 Å². The van der Waals surface area contributed by atoms with Crippen molar-refractivity contribution in [1.29, 1.82) is 0 Å². The summed E-state index contributed by atoms with van der Waals surface area (Å²) >= 11 is 0. The minimum atomic E-state index is 0.0927. The quantitative estimate of drug-likeness (QED) is 0.706. The average Bonchev–Trinajstić information content (AvgIpc) is 2.57. The molecule has 0 aliphatic heterocycles. The van der Waals surface area contributed by atoms with Gasteiger partial charge in [0, 0.05) is 31.9 Å². The molecule has 0 bridgehead atoms. The van der Waals surface area contributed by atoms with Crippen molar-refractivity contribution in [2.24, 2.45) is 0 Å². The molecule has 0 aliphatic carbocycles. The van der Waals surface area contributed by atoms with Crippen LogP contribution in [-0.4, -0.2) is 22.0 Å². The molecule has 66 valence electrons. The summed E-state index contributed by atoms with van der Waals surface area (Å²) in [6.45, 7) is 3.29. The molecule has 0 saturated carbocycles. The van der Waals surface area contributed by atoms with E-state index in [9.17, 15) is 4.79 Å². The lowest BCUT2D eigenvalue weighted by molar-refractivity contribution is -0.120. The van der Waals surface area contributed by atoms with E-state index in [0.717, 1.165) is 6.54 Å². The van der Waals surface area contributed by atoms with Crippen LogP contribution in [0.15, 0.2) is 18.7 Å². The molecule has 1 amide bonds. The molecule has 0 saturated heterocycles. The summed E-state index contributed by atoms with van der Waals surface area (Å²) in [4.78, 5) is 14.7. The van der Waals surface area contributed by atoms with Crippen molar-refractivity contribution in [3.63, 3.8) is 0 Å². The van der Waals surface area contributed by atoms with E-state index in [1.54, 1.807) is 12.5 Å². The number of nitrogens with one attached hydrogen (secondary N) is 1. The summed E-state index contributed by atoms with van der Waals surface area (Å²) < 4.78 is 1.93. The molecule has 0 aliphatic rings. The van der Waals surface area contributed by atoms with Crippen LogP contribution in [0.4, 0.5) is 0 Å². The predicted octanol–water partition coefficient (Wildman–Crippen LogP) is 0.409. The maximum atomic E-state index is 10.8. The Labute approximate surface area is 71.6 Å². The highest BCUT2D eigenvalue weighted by Crippen LogP contribution is 1.84. The van der Waals surface area contributed by atoms with Gasteiger partial charge in [-0.3, -0.25) is 4.79 Å². The van der Waals surface area contributed by atoms with Gasteiger partial charge in [0.05, 0.1) is 6.33 Å². The number of rotatable bonds is 4. The van der Waals surface area contributed by atoms with Crippen LogP contribution in [-0.2, 0) is 11.3 Å². The van der Waals surface area contributed by atoms with Crippen molar-refractivity contribution >= 4 is 5.91 Å². The average molecular weight is 167 g/mol. The third-order valence-electron chi connectivity index (χ3n) is 1.57. The van der Waals surface area contributed by atoms with Crippen molar-refractivity contribution in [2.75, 3.05) is 6.54 Å². The lowest BCUT2D eigenvalue weighted by atomic mass is 10.4. The van der Waals surface area contributed by atoms with E-state index < -0.39 is 0 Å². The number of carbonyl (C=O) groups excluding carboxylic acids is 1. The molecule has 0 fully saturated rings. The first kappa shape index (κ1) is 8.77.